The van der Waals surface area contributed by atoms with Gasteiger partial charge in [0.15, 0.2) is 11.5 Å². The normalized spacial score (nSPS) is 15.5. The van der Waals surface area contributed by atoms with E-state index in [9.17, 15) is 14.7 Å². The first kappa shape index (κ1) is 21.3. The molecular formula is C20H26N4O6. The third-order valence-electron chi connectivity index (χ3n) is 5.04. The summed E-state index contributed by atoms with van der Waals surface area (Å²) in [5, 5.41) is 14.9. The van der Waals surface area contributed by atoms with E-state index >= 15 is 0 Å². The topological polar surface area (TPSA) is 127 Å². The Morgan fingerprint density at radius 2 is 1.83 bits per heavy atom. The molecule has 10 heteroatoms. The molecule has 1 aromatic carbocycles. The zero-order valence-electron chi connectivity index (χ0n) is 17.4. The molecule has 1 atom stereocenters. The number of ether oxygens (including phenoxy) is 3. The number of aromatic nitrogens is 2. The predicted octanol–water partition coefficient (Wildman–Crippen LogP) is 1.51. The molecule has 1 aromatic heterocycles. The number of hydrogen-bond donors (Lipinski definition) is 3. The molecule has 10 nitrogen and oxygen atoms in total. The number of nitrogens with zero attached hydrogens (tertiary/aromatic N) is 2. The van der Waals surface area contributed by atoms with Gasteiger partial charge in [-0.3, -0.25) is 14.3 Å². The van der Waals surface area contributed by atoms with Crippen molar-refractivity contribution in [1.29, 1.82) is 0 Å². The van der Waals surface area contributed by atoms with Gasteiger partial charge in [-0.2, -0.15) is 5.10 Å². The monoisotopic (exact) mass is 418 g/mol. The van der Waals surface area contributed by atoms with E-state index in [4.69, 9.17) is 14.2 Å². The zero-order valence-corrected chi connectivity index (χ0v) is 17.4. The summed E-state index contributed by atoms with van der Waals surface area (Å²) < 4.78 is 17.3. The molecule has 2 heterocycles. The van der Waals surface area contributed by atoms with Crippen molar-refractivity contribution >= 4 is 5.71 Å². The largest absolute Gasteiger partial charge is 0.494 e. The fourth-order valence-electron chi connectivity index (χ4n) is 3.44. The summed E-state index contributed by atoms with van der Waals surface area (Å²) in [7, 11) is 4.59. The van der Waals surface area contributed by atoms with Crippen molar-refractivity contribution in [2.45, 2.75) is 38.8 Å². The summed E-state index contributed by atoms with van der Waals surface area (Å²) >= 11 is 0. The maximum atomic E-state index is 12.4. The highest BCUT2D eigenvalue weighted by Gasteiger charge is 2.28. The molecule has 0 fully saturated rings. The fourth-order valence-corrected chi connectivity index (χ4v) is 3.44. The molecule has 3 rings (SSSR count). The summed E-state index contributed by atoms with van der Waals surface area (Å²) in [4.78, 5) is 26.7. The van der Waals surface area contributed by atoms with Crippen LogP contribution in [0.2, 0.25) is 0 Å². The third kappa shape index (κ3) is 3.85. The minimum absolute atomic E-state index is 0.00635. The standard InChI is InChI=1S/C20H26N4O6/c1-5-6-7-24-19(26)16(18(25)21-20(24)27)13-10-12(22-23-13)11-8-14(28-2)17(30-4)15(9-11)29-3/h8-9,12,22,26H,5-7,10H2,1-4H3,(H,21,25,27)/t12-/m1/s1. The Bertz CT molecular complexity index is 1050. The van der Waals surface area contributed by atoms with Crippen LogP contribution < -0.4 is 30.9 Å². The van der Waals surface area contributed by atoms with E-state index in [0.717, 1.165) is 16.6 Å². The first-order valence-electron chi connectivity index (χ1n) is 9.63. The van der Waals surface area contributed by atoms with Gasteiger partial charge in [-0.1, -0.05) is 13.3 Å². The lowest BCUT2D eigenvalue weighted by Crippen LogP contribution is -2.33. The van der Waals surface area contributed by atoms with Crippen LogP contribution in [0.25, 0.3) is 0 Å². The van der Waals surface area contributed by atoms with Crippen LogP contribution in [0.1, 0.15) is 43.4 Å². The molecule has 1 aliphatic rings. The molecule has 0 saturated carbocycles. The van der Waals surface area contributed by atoms with Crippen molar-refractivity contribution in [1.82, 2.24) is 15.0 Å². The maximum Gasteiger partial charge on any atom is 0.331 e. The third-order valence-corrected chi connectivity index (χ3v) is 5.04. The highest BCUT2D eigenvalue weighted by atomic mass is 16.5. The Morgan fingerprint density at radius 1 is 1.17 bits per heavy atom. The van der Waals surface area contributed by atoms with E-state index in [1.165, 1.54) is 21.3 Å². The Labute approximate surface area is 173 Å². The summed E-state index contributed by atoms with van der Waals surface area (Å²) in [6.45, 7) is 2.28. The van der Waals surface area contributed by atoms with Crippen molar-refractivity contribution < 1.29 is 19.3 Å². The molecule has 1 aliphatic heterocycles. The maximum absolute atomic E-state index is 12.4. The number of hydrogen-bond acceptors (Lipinski definition) is 8. The van der Waals surface area contributed by atoms with Crippen LogP contribution >= 0.6 is 0 Å². The average molecular weight is 418 g/mol. The van der Waals surface area contributed by atoms with Crippen LogP contribution in [-0.4, -0.2) is 41.7 Å². The van der Waals surface area contributed by atoms with Gasteiger partial charge in [-0.05, 0) is 24.1 Å². The van der Waals surface area contributed by atoms with Gasteiger partial charge in [-0.25, -0.2) is 4.79 Å². The first-order valence-corrected chi connectivity index (χ1v) is 9.63. The summed E-state index contributed by atoms with van der Waals surface area (Å²) in [5.41, 5.74) is 2.83. The number of rotatable bonds is 8. The second-order valence-corrected chi connectivity index (χ2v) is 6.87. The van der Waals surface area contributed by atoms with Crippen molar-refractivity contribution in [2.24, 2.45) is 5.10 Å². The lowest BCUT2D eigenvalue weighted by molar-refractivity contribution is 0.323. The Kier molecular flexibility index (Phi) is 6.34. The van der Waals surface area contributed by atoms with E-state index < -0.39 is 11.2 Å². The summed E-state index contributed by atoms with van der Waals surface area (Å²) in [6.07, 6.45) is 1.85. The van der Waals surface area contributed by atoms with E-state index in [-0.39, 0.29) is 17.5 Å². The van der Waals surface area contributed by atoms with E-state index in [0.29, 0.717) is 42.3 Å². The molecule has 3 N–H and O–H groups in total. The predicted molar refractivity (Wildman–Crippen MR) is 111 cm³/mol. The number of hydrazone groups is 1. The van der Waals surface area contributed by atoms with E-state index in [1.807, 2.05) is 6.92 Å². The van der Waals surface area contributed by atoms with Gasteiger partial charge >= 0.3 is 5.69 Å². The molecule has 0 bridgehead atoms. The molecule has 0 aliphatic carbocycles. The molecule has 2 aromatic rings. The van der Waals surface area contributed by atoms with Crippen LogP contribution in [0, 0.1) is 0 Å². The van der Waals surface area contributed by atoms with Crippen LogP contribution in [0.4, 0.5) is 0 Å². The SMILES string of the molecule is CCCCn1c(O)c(C2=NN[C@@H](c3cc(OC)c(OC)c(OC)c3)C2)c(=O)[nH]c1=O. The fraction of sp³-hybridized carbons (Fsp3) is 0.450. The zero-order chi connectivity index (χ0) is 21.8. The molecule has 0 radical (unpaired) electrons. The quantitative estimate of drug-likeness (QED) is 0.593. The molecule has 0 spiro atoms. The summed E-state index contributed by atoms with van der Waals surface area (Å²) in [6, 6.07) is 3.30. The molecule has 30 heavy (non-hydrogen) atoms. The lowest BCUT2D eigenvalue weighted by Gasteiger charge is -2.17. The van der Waals surface area contributed by atoms with Crippen molar-refractivity contribution in [3.05, 3.63) is 44.1 Å². The van der Waals surface area contributed by atoms with Crippen molar-refractivity contribution in [2.75, 3.05) is 21.3 Å². The number of unbranched alkanes of at least 4 members (excludes halogenated alkanes) is 1. The number of aromatic amines is 1. The van der Waals surface area contributed by atoms with Crippen LogP contribution in [0.5, 0.6) is 23.1 Å². The van der Waals surface area contributed by atoms with Gasteiger partial charge in [0.25, 0.3) is 5.56 Å². The van der Waals surface area contributed by atoms with Crippen molar-refractivity contribution in [3.63, 3.8) is 0 Å². The van der Waals surface area contributed by atoms with Gasteiger partial charge in [-0.15, -0.1) is 0 Å². The number of methoxy groups -OCH3 is 3. The number of nitrogens with one attached hydrogen (secondary N) is 2. The first-order chi connectivity index (χ1) is 14.4. The second kappa shape index (κ2) is 8.93. The molecular weight excluding hydrogens is 392 g/mol. The van der Waals surface area contributed by atoms with Crippen LogP contribution in [-0.2, 0) is 6.54 Å². The minimum atomic E-state index is -0.670. The lowest BCUT2D eigenvalue weighted by atomic mass is 9.99. The highest BCUT2D eigenvalue weighted by molar-refractivity contribution is 6.03. The van der Waals surface area contributed by atoms with Gasteiger partial charge in [0.05, 0.1) is 33.1 Å². The highest BCUT2D eigenvalue weighted by Crippen LogP contribution is 2.41. The second-order valence-electron chi connectivity index (χ2n) is 6.87. The summed E-state index contributed by atoms with van der Waals surface area (Å²) in [5.74, 6) is 1.09. The van der Waals surface area contributed by atoms with E-state index in [1.54, 1.807) is 12.1 Å². The molecule has 0 unspecified atom stereocenters. The average Bonchev–Trinajstić information content (AvgIpc) is 3.21. The Morgan fingerprint density at radius 3 is 2.40 bits per heavy atom. The van der Waals surface area contributed by atoms with Gasteiger partial charge in [0.1, 0.15) is 5.56 Å². The minimum Gasteiger partial charge on any atom is -0.494 e. The smallest absolute Gasteiger partial charge is 0.331 e. The van der Waals surface area contributed by atoms with E-state index in [2.05, 4.69) is 15.5 Å². The Hall–Kier alpha value is -3.43. The van der Waals surface area contributed by atoms with Crippen molar-refractivity contribution in [3.8, 4) is 23.1 Å². The number of H-pyrrole nitrogens is 1. The van der Waals surface area contributed by atoms with Gasteiger partial charge in [0.2, 0.25) is 11.6 Å². The van der Waals surface area contributed by atoms with Crippen LogP contribution in [0.15, 0.2) is 26.8 Å². The van der Waals surface area contributed by atoms with Crippen LogP contribution in [0.3, 0.4) is 0 Å². The Balaban J connectivity index is 1.94. The number of aromatic hydroxyl groups is 1. The number of benzene rings is 1. The molecule has 0 amide bonds. The van der Waals surface area contributed by atoms with Gasteiger partial charge < -0.3 is 24.7 Å². The molecule has 162 valence electrons. The molecule has 0 saturated heterocycles. The van der Waals surface area contributed by atoms with Gasteiger partial charge in [0, 0.05) is 13.0 Å².